The fourth-order valence-corrected chi connectivity index (χ4v) is 4.01. The number of hydrogen-bond donors (Lipinski definition) is 1. The van der Waals surface area contributed by atoms with Crippen LogP contribution >= 0.6 is 23.2 Å². The van der Waals surface area contributed by atoms with Crippen LogP contribution in [0.3, 0.4) is 0 Å². The second-order valence-electron chi connectivity index (χ2n) is 5.19. The molecule has 0 heterocycles. The summed E-state index contributed by atoms with van der Waals surface area (Å²) in [5, 5.41) is 0.476. The van der Waals surface area contributed by atoms with Crippen molar-refractivity contribution < 1.29 is 22.6 Å². The molecule has 26 heavy (non-hydrogen) atoms. The third kappa shape index (κ3) is 4.94. The fraction of sp³-hybridized carbons (Fsp3) is 0.294. The molecule has 2 aromatic rings. The van der Waals surface area contributed by atoms with Crippen molar-refractivity contribution in [3.8, 4) is 17.2 Å². The molecule has 0 aromatic heterocycles. The van der Waals surface area contributed by atoms with Crippen LogP contribution in [0.5, 0.6) is 17.2 Å². The summed E-state index contributed by atoms with van der Waals surface area (Å²) >= 11 is 11.8. The molecule has 0 bridgehead atoms. The van der Waals surface area contributed by atoms with Gasteiger partial charge >= 0.3 is 0 Å². The molecule has 0 atom stereocenters. The van der Waals surface area contributed by atoms with Crippen molar-refractivity contribution in [2.75, 3.05) is 20.8 Å². The lowest BCUT2D eigenvalue weighted by atomic mass is 10.2. The zero-order valence-electron chi connectivity index (χ0n) is 14.5. The minimum Gasteiger partial charge on any atom is -0.493 e. The summed E-state index contributed by atoms with van der Waals surface area (Å²) in [6.45, 7) is 2.30. The normalized spacial score (nSPS) is 11.3. The van der Waals surface area contributed by atoms with Gasteiger partial charge in [0.2, 0.25) is 15.8 Å². The van der Waals surface area contributed by atoms with Gasteiger partial charge in [0, 0.05) is 16.6 Å². The highest BCUT2D eigenvalue weighted by Crippen LogP contribution is 2.38. The van der Waals surface area contributed by atoms with Gasteiger partial charge in [-0.05, 0) is 42.8 Å². The van der Waals surface area contributed by atoms with Crippen molar-refractivity contribution >= 4 is 33.2 Å². The molecule has 0 fully saturated rings. The lowest BCUT2D eigenvalue weighted by Gasteiger charge is -2.15. The lowest BCUT2D eigenvalue weighted by Crippen LogP contribution is -2.23. The van der Waals surface area contributed by atoms with Crippen LogP contribution in [0.15, 0.2) is 35.2 Å². The first-order valence-electron chi connectivity index (χ1n) is 7.64. The van der Waals surface area contributed by atoms with Crippen LogP contribution in [0.1, 0.15) is 12.5 Å². The van der Waals surface area contributed by atoms with Gasteiger partial charge < -0.3 is 14.2 Å². The summed E-state index contributed by atoms with van der Waals surface area (Å²) in [7, 11) is -0.796. The molecule has 0 spiro atoms. The Morgan fingerprint density at radius 2 is 1.50 bits per heavy atom. The minimum atomic E-state index is -3.79. The number of benzene rings is 2. The zero-order valence-corrected chi connectivity index (χ0v) is 16.8. The van der Waals surface area contributed by atoms with Crippen LogP contribution in [-0.4, -0.2) is 29.2 Å². The van der Waals surface area contributed by atoms with Gasteiger partial charge in [0.05, 0.1) is 25.7 Å². The van der Waals surface area contributed by atoms with E-state index in [1.165, 1.54) is 32.4 Å². The van der Waals surface area contributed by atoms with Crippen molar-refractivity contribution in [1.29, 1.82) is 0 Å². The first-order valence-corrected chi connectivity index (χ1v) is 9.88. The van der Waals surface area contributed by atoms with Gasteiger partial charge in [0.1, 0.15) is 0 Å². The van der Waals surface area contributed by atoms with Gasteiger partial charge in [-0.3, -0.25) is 0 Å². The van der Waals surface area contributed by atoms with E-state index in [-0.39, 0.29) is 21.5 Å². The van der Waals surface area contributed by atoms with E-state index in [2.05, 4.69) is 4.72 Å². The Labute approximate surface area is 163 Å². The van der Waals surface area contributed by atoms with Gasteiger partial charge in [-0.15, -0.1) is 0 Å². The number of methoxy groups -OCH3 is 2. The molecule has 142 valence electrons. The third-order valence-electron chi connectivity index (χ3n) is 3.42. The van der Waals surface area contributed by atoms with Gasteiger partial charge in [-0.25, -0.2) is 13.1 Å². The Kier molecular flexibility index (Phi) is 7.00. The number of rotatable bonds is 8. The molecule has 0 radical (unpaired) electrons. The second-order valence-corrected chi connectivity index (χ2v) is 7.83. The molecule has 0 aliphatic carbocycles. The molecule has 9 heteroatoms. The molecule has 0 saturated heterocycles. The number of sulfonamides is 1. The highest BCUT2D eigenvalue weighted by Gasteiger charge is 2.18. The van der Waals surface area contributed by atoms with Gasteiger partial charge in [0.15, 0.2) is 11.5 Å². The zero-order chi connectivity index (χ0) is 19.3. The molecule has 0 unspecified atom stereocenters. The van der Waals surface area contributed by atoms with E-state index in [1.807, 2.05) is 6.92 Å². The van der Waals surface area contributed by atoms with E-state index in [0.29, 0.717) is 29.4 Å². The largest absolute Gasteiger partial charge is 0.493 e. The van der Waals surface area contributed by atoms with Crippen molar-refractivity contribution in [2.45, 2.75) is 18.4 Å². The van der Waals surface area contributed by atoms with Crippen molar-refractivity contribution in [2.24, 2.45) is 0 Å². The van der Waals surface area contributed by atoms with Crippen LogP contribution in [0, 0.1) is 0 Å². The molecule has 2 rings (SSSR count). The Balaban J connectivity index is 2.28. The maximum Gasteiger partial charge on any atom is 0.240 e. The Morgan fingerprint density at radius 1 is 0.962 bits per heavy atom. The minimum absolute atomic E-state index is 0.0140. The molecule has 0 aliphatic rings. The van der Waals surface area contributed by atoms with E-state index in [4.69, 9.17) is 37.4 Å². The van der Waals surface area contributed by atoms with Crippen LogP contribution in [0.4, 0.5) is 0 Å². The third-order valence-corrected chi connectivity index (χ3v) is 5.24. The molecule has 0 saturated carbocycles. The summed E-state index contributed by atoms with van der Waals surface area (Å²) < 4.78 is 43.6. The van der Waals surface area contributed by atoms with Crippen molar-refractivity contribution in [3.05, 3.63) is 45.9 Å². The monoisotopic (exact) mass is 419 g/mol. The maximum atomic E-state index is 12.5. The molecule has 0 aliphatic heterocycles. The van der Waals surface area contributed by atoms with E-state index in [0.717, 1.165) is 0 Å². The van der Waals surface area contributed by atoms with Gasteiger partial charge in [0.25, 0.3) is 0 Å². The molecule has 2 aromatic carbocycles. The summed E-state index contributed by atoms with van der Waals surface area (Å²) in [6, 6.07) is 7.48. The molecule has 1 N–H and O–H groups in total. The number of halogens is 2. The SMILES string of the molecule is CCOc1c(OC)cc(CNS(=O)(=O)c2cc(Cl)cc(Cl)c2)cc1OC. The van der Waals surface area contributed by atoms with Crippen LogP contribution in [0.25, 0.3) is 0 Å². The van der Waals surface area contributed by atoms with E-state index in [9.17, 15) is 8.42 Å². The first kappa shape index (κ1) is 20.6. The van der Waals surface area contributed by atoms with Gasteiger partial charge in [-0.1, -0.05) is 23.2 Å². The topological polar surface area (TPSA) is 73.9 Å². The van der Waals surface area contributed by atoms with E-state index < -0.39 is 10.0 Å². The van der Waals surface area contributed by atoms with Gasteiger partial charge in [-0.2, -0.15) is 0 Å². The summed E-state index contributed by atoms with van der Waals surface area (Å²) in [4.78, 5) is -0.0140. The van der Waals surface area contributed by atoms with Crippen LogP contribution < -0.4 is 18.9 Å². The van der Waals surface area contributed by atoms with Crippen molar-refractivity contribution in [3.63, 3.8) is 0 Å². The molecular formula is C17H19Cl2NO5S. The first-order chi connectivity index (χ1) is 12.3. The van der Waals surface area contributed by atoms with E-state index in [1.54, 1.807) is 12.1 Å². The molecule has 0 amide bonds. The van der Waals surface area contributed by atoms with Crippen LogP contribution in [0.2, 0.25) is 10.0 Å². The van der Waals surface area contributed by atoms with E-state index >= 15 is 0 Å². The highest BCUT2D eigenvalue weighted by molar-refractivity contribution is 7.89. The predicted molar refractivity (Wildman–Crippen MR) is 101 cm³/mol. The number of ether oxygens (including phenoxy) is 3. The average Bonchev–Trinajstić information content (AvgIpc) is 2.60. The standard InChI is InChI=1S/C17H19Cl2NO5S/c1-4-25-17-15(23-2)5-11(6-16(17)24-3)10-20-26(21,22)14-8-12(18)7-13(19)9-14/h5-9,20H,4,10H2,1-3H3. The molecular weight excluding hydrogens is 401 g/mol. The van der Waals surface area contributed by atoms with Crippen LogP contribution in [-0.2, 0) is 16.6 Å². The number of hydrogen-bond acceptors (Lipinski definition) is 5. The maximum absolute atomic E-state index is 12.5. The number of nitrogens with one attached hydrogen (secondary N) is 1. The summed E-state index contributed by atoms with van der Waals surface area (Å²) in [5.41, 5.74) is 0.638. The van der Waals surface area contributed by atoms with Crippen molar-refractivity contribution in [1.82, 2.24) is 4.72 Å². The average molecular weight is 420 g/mol. The summed E-state index contributed by atoms with van der Waals surface area (Å²) in [6.07, 6.45) is 0. The fourth-order valence-electron chi connectivity index (χ4n) is 2.27. The Hall–Kier alpha value is -1.67. The summed E-state index contributed by atoms with van der Waals surface area (Å²) in [5.74, 6) is 1.36. The smallest absolute Gasteiger partial charge is 0.240 e. The quantitative estimate of drug-likeness (QED) is 0.702. The Bertz CT molecular complexity index is 841. The predicted octanol–water partition coefficient (Wildman–Crippen LogP) is 3.89. The highest BCUT2D eigenvalue weighted by atomic mass is 35.5. The molecule has 6 nitrogen and oxygen atoms in total. The second kappa shape index (κ2) is 8.81. The lowest BCUT2D eigenvalue weighted by molar-refractivity contribution is 0.288. The Morgan fingerprint density at radius 3 is 1.96 bits per heavy atom.